The summed E-state index contributed by atoms with van der Waals surface area (Å²) in [5, 5.41) is 10.3. The van der Waals surface area contributed by atoms with Gasteiger partial charge in [0, 0.05) is 24.0 Å². The Kier molecular flexibility index (Phi) is 6.74. The highest BCUT2D eigenvalue weighted by Gasteiger charge is 2.39. The normalized spacial score (nSPS) is 13.0. The van der Waals surface area contributed by atoms with Gasteiger partial charge in [-0.3, -0.25) is 9.55 Å². The molecule has 1 N–H and O–H groups in total. The fourth-order valence-electron chi connectivity index (χ4n) is 3.91. The van der Waals surface area contributed by atoms with Crippen LogP contribution in [0.25, 0.3) is 28.2 Å². The quantitative estimate of drug-likeness (QED) is 0.364. The second-order valence-corrected chi connectivity index (χ2v) is 9.94. The van der Waals surface area contributed by atoms with Crippen LogP contribution in [0.3, 0.4) is 0 Å². The molecule has 0 aliphatic heterocycles. The molecule has 0 aliphatic carbocycles. The van der Waals surface area contributed by atoms with E-state index in [-0.39, 0.29) is 33.8 Å². The van der Waals surface area contributed by atoms with Crippen molar-refractivity contribution in [1.29, 1.82) is 5.26 Å². The summed E-state index contributed by atoms with van der Waals surface area (Å²) < 4.78 is 81.9. The standard InChI is InChI=1S/C24H20F4N6O2S/c1-4-15-9-20-16(10-18(15)25)17(11-29)22(34(20)23-30-6-5-7-31-23)19-8-13(2)21(12-32-19)37(35,36)33-14(3)24(26,27)28/h5-10,12,14,33H,4H2,1-3H3/t14-/m0/s1. The monoisotopic (exact) mass is 532 g/mol. The van der Waals surface area contributed by atoms with Gasteiger partial charge in [-0.1, -0.05) is 6.92 Å². The predicted octanol–water partition coefficient (Wildman–Crippen LogP) is 4.59. The number of hydrogen-bond acceptors (Lipinski definition) is 6. The molecule has 37 heavy (non-hydrogen) atoms. The fraction of sp³-hybridized carbons (Fsp3) is 0.250. The maximum atomic E-state index is 14.7. The van der Waals surface area contributed by atoms with E-state index in [4.69, 9.17) is 0 Å². The minimum atomic E-state index is -4.78. The second-order valence-electron chi connectivity index (χ2n) is 8.25. The van der Waals surface area contributed by atoms with Crippen LogP contribution in [0.4, 0.5) is 17.6 Å². The minimum Gasteiger partial charge on any atom is -0.275 e. The molecule has 4 rings (SSSR count). The summed E-state index contributed by atoms with van der Waals surface area (Å²) in [4.78, 5) is 12.2. The number of alkyl halides is 3. The van der Waals surface area contributed by atoms with Crippen molar-refractivity contribution in [3.63, 3.8) is 0 Å². The van der Waals surface area contributed by atoms with Crippen molar-refractivity contribution in [2.24, 2.45) is 0 Å². The van der Waals surface area contributed by atoms with Crippen molar-refractivity contribution >= 4 is 20.9 Å². The van der Waals surface area contributed by atoms with Crippen molar-refractivity contribution in [1.82, 2.24) is 24.2 Å². The number of hydrogen-bond donors (Lipinski definition) is 1. The number of aromatic nitrogens is 4. The number of nitrogens with zero attached hydrogens (tertiary/aromatic N) is 5. The molecule has 1 atom stereocenters. The van der Waals surface area contributed by atoms with Gasteiger partial charge in [-0.05, 0) is 55.7 Å². The zero-order valence-electron chi connectivity index (χ0n) is 19.8. The molecule has 0 fully saturated rings. The fourth-order valence-corrected chi connectivity index (χ4v) is 5.31. The molecule has 8 nitrogen and oxygen atoms in total. The van der Waals surface area contributed by atoms with Crippen molar-refractivity contribution in [2.75, 3.05) is 0 Å². The maximum Gasteiger partial charge on any atom is 0.404 e. The Hall–Kier alpha value is -3.89. The zero-order chi connectivity index (χ0) is 27.1. The third kappa shape index (κ3) is 4.77. The van der Waals surface area contributed by atoms with Crippen LogP contribution in [0.2, 0.25) is 0 Å². The molecular weight excluding hydrogens is 512 g/mol. The average Bonchev–Trinajstić information content (AvgIpc) is 3.15. The number of sulfonamides is 1. The maximum absolute atomic E-state index is 14.7. The molecule has 3 heterocycles. The van der Waals surface area contributed by atoms with Crippen LogP contribution in [0.15, 0.2) is 47.8 Å². The van der Waals surface area contributed by atoms with Gasteiger partial charge in [-0.25, -0.2) is 22.8 Å². The molecule has 0 amide bonds. The van der Waals surface area contributed by atoms with Gasteiger partial charge in [0.15, 0.2) is 0 Å². The largest absolute Gasteiger partial charge is 0.404 e. The van der Waals surface area contributed by atoms with E-state index in [0.29, 0.717) is 24.4 Å². The van der Waals surface area contributed by atoms with E-state index < -0.39 is 33.0 Å². The van der Waals surface area contributed by atoms with Crippen LogP contribution in [-0.4, -0.2) is 40.2 Å². The van der Waals surface area contributed by atoms with Gasteiger partial charge in [0.05, 0.1) is 22.5 Å². The minimum absolute atomic E-state index is 0.0512. The first-order chi connectivity index (χ1) is 17.4. The molecule has 0 unspecified atom stereocenters. The molecule has 0 saturated carbocycles. The number of halogens is 4. The SMILES string of the molecule is CCc1cc2c(cc1F)c(C#N)c(-c1cc(C)c(S(=O)(=O)N[C@@H](C)C(F)(F)F)cn1)n2-c1ncccn1. The summed E-state index contributed by atoms with van der Waals surface area (Å²) in [6, 6.07) is 5.49. The molecule has 0 spiro atoms. The van der Waals surface area contributed by atoms with Crippen LogP contribution in [0.1, 0.15) is 30.5 Å². The lowest BCUT2D eigenvalue weighted by Crippen LogP contribution is -2.43. The summed E-state index contributed by atoms with van der Waals surface area (Å²) in [5.41, 5.74) is 1.28. The van der Waals surface area contributed by atoms with Gasteiger partial charge in [-0.15, -0.1) is 0 Å². The number of aryl methyl sites for hydroxylation is 2. The van der Waals surface area contributed by atoms with E-state index in [1.54, 1.807) is 23.8 Å². The Morgan fingerprint density at radius 1 is 1.16 bits per heavy atom. The predicted molar refractivity (Wildman–Crippen MR) is 127 cm³/mol. The molecular formula is C24H20F4N6O2S. The molecule has 4 aromatic rings. The van der Waals surface area contributed by atoms with Gasteiger partial charge in [0.25, 0.3) is 0 Å². The first kappa shape index (κ1) is 26.2. The number of nitriles is 1. The number of fused-ring (bicyclic) bond motifs is 1. The van der Waals surface area contributed by atoms with Crippen molar-refractivity contribution < 1.29 is 26.0 Å². The third-order valence-electron chi connectivity index (χ3n) is 5.80. The van der Waals surface area contributed by atoms with E-state index >= 15 is 0 Å². The number of benzene rings is 1. The lowest BCUT2D eigenvalue weighted by atomic mass is 10.1. The highest BCUT2D eigenvalue weighted by molar-refractivity contribution is 7.89. The average molecular weight is 533 g/mol. The van der Waals surface area contributed by atoms with Crippen molar-refractivity contribution in [3.8, 4) is 23.4 Å². The highest BCUT2D eigenvalue weighted by atomic mass is 32.2. The Morgan fingerprint density at radius 2 is 1.84 bits per heavy atom. The van der Waals surface area contributed by atoms with Crippen LogP contribution in [0, 0.1) is 24.1 Å². The Morgan fingerprint density at radius 3 is 2.41 bits per heavy atom. The molecule has 192 valence electrons. The zero-order valence-corrected chi connectivity index (χ0v) is 20.6. The molecule has 0 bridgehead atoms. The van der Waals surface area contributed by atoms with Gasteiger partial charge in [0.2, 0.25) is 16.0 Å². The van der Waals surface area contributed by atoms with E-state index in [1.165, 1.54) is 36.0 Å². The lowest BCUT2D eigenvalue weighted by molar-refractivity contribution is -0.147. The van der Waals surface area contributed by atoms with Crippen molar-refractivity contribution in [3.05, 3.63) is 65.4 Å². The Balaban J connectivity index is 1.96. The number of pyridine rings is 1. The molecule has 3 aromatic heterocycles. The molecule has 0 aliphatic rings. The van der Waals surface area contributed by atoms with Crippen LogP contribution >= 0.6 is 0 Å². The summed E-state index contributed by atoms with van der Waals surface area (Å²) in [5.74, 6) is -0.339. The van der Waals surface area contributed by atoms with Crippen LogP contribution < -0.4 is 4.72 Å². The van der Waals surface area contributed by atoms with Gasteiger partial charge in [-0.2, -0.15) is 23.2 Å². The van der Waals surface area contributed by atoms with Crippen molar-refractivity contribution in [2.45, 2.75) is 44.3 Å². The van der Waals surface area contributed by atoms with Gasteiger partial charge < -0.3 is 0 Å². The Bertz CT molecular complexity index is 1640. The van der Waals surface area contributed by atoms with E-state index in [1.807, 2.05) is 0 Å². The topological polar surface area (TPSA) is 114 Å². The van der Waals surface area contributed by atoms with Gasteiger partial charge in [0.1, 0.15) is 22.8 Å². The number of nitrogens with one attached hydrogen (secondary N) is 1. The van der Waals surface area contributed by atoms with E-state index in [2.05, 4.69) is 21.0 Å². The summed E-state index contributed by atoms with van der Waals surface area (Å²) in [7, 11) is -4.57. The highest BCUT2D eigenvalue weighted by Crippen LogP contribution is 2.36. The summed E-state index contributed by atoms with van der Waals surface area (Å²) >= 11 is 0. The third-order valence-corrected chi connectivity index (χ3v) is 7.47. The van der Waals surface area contributed by atoms with Gasteiger partial charge >= 0.3 is 6.18 Å². The summed E-state index contributed by atoms with van der Waals surface area (Å²) in [6.45, 7) is 3.86. The summed E-state index contributed by atoms with van der Waals surface area (Å²) in [6.07, 6.45) is -0.512. The smallest absolute Gasteiger partial charge is 0.275 e. The first-order valence-corrected chi connectivity index (χ1v) is 12.5. The molecule has 1 aromatic carbocycles. The lowest BCUT2D eigenvalue weighted by Gasteiger charge is -2.18. The van der Waals surface area contributed by atoms with E-state index in [0.717, 1.165) is 6.20 Å². The number of rotatable bonds is 6. The molecule has 0 radical (unpaired) electrons. The second kappa shape index (κ2) is 9.53. The van der Waals surface area contributed by atoms with Crippen LogP contribution in [0.5, 0.6) is 0 Å². The Labute approximate surface area is 209 Å². The van der Waals surface area contributed by atoms with Crippen LogP contribution in [-0.2, 0) is 16.4 Å². The molecule has 13 heteroatoms. The van der Waals surface area contributed by atoms with E-state index in [9.17, 15) is 31.2 Å². The molecule has 0 saturated heterocycles. The first-order valence-electron chi connectivity index (χ1n) is 11.0.